The van der Waals surface area contributed by atoms with Gasteiger partial charge in [-0.3, -0.25) is 4.79 Å². The summed E-state index contributed by atoms with van der Waals surface area (Å²) in [6, 6.07) is 16.6. The number of hydrogen-bond acceptors (Lipinski definition) is 4. The second kappa shape index (κ2) is 14.2. The number of nitrogens with one attached hydrogen (secondary N) is 1. The summed E-state index contributed by atoms with van der Waals surface area (Å²) in [5.74, 6) is -0.408. The van der Waals surface area contributed by atoms with Crippen molar-refractivity contribution in [3.8, 4) is 0 Å². The van der Waals surface area contributed by atoms with Gasteiger partial charge in [0.25, 0.3) is 5.91 Å². The zero-order valence-electron chi connectivity index (χ0n) is 26.5. The summed E-state index contributed by atoms with van der Waals surface area (Å²) >= 11 is 0. The van der Waals surface area contributed by atoms with Gasteiger partial charge in [-0.2, -0.15) is 26.3 Å². The van der Waals surface area contributed by atoms with Crippen LogP contribution in [0.1, 0.15) is 58.3 Å². The van der Waals surface area contributed by atoms with Crippen LogP contribution >= 0.6 is 0 Å². The van der Waals surface area contributed by atoms with Gasteiger partial charge in [0.1, 0.15) is 5.82 Å². The first-order valence-electron chi connectivity index (χ1n) is 16.2. The summed E-state index contributed by atoms with van der Waals surface area (Å²) in [4.78, 5) is 22.0. The zero-order valence-corrected chi connectivity index (χ0v) is 26.5. The molecule has 0 unspecified atom stereocenters. The minimum absolute atomic E-state index is 0.0435. The van der Waals surface area contributed by atoms with Crippen LogP contribution in [0.25, 0.3) is 0 Å². The Morgan fingerprint density at radius 1 is 0.816 bits per heavy atom. The number of amides is 1. The van der Waals surface area contributed by atoms with Crippen LogP contribution in [0, 0.1) is 5.82 Å². The van der Waals surface area contributed by atoms with Crippen molar-refractivity contribution in [1.29, 1.82) is 0 Å². The van der Waals surface area contributed by atoms with E-state index in [1.54, 1.807) is 18.3 Å². The lowest BCUT2D eigenvalue weighted by Crippen LogP contribution is -2.54. The molecule has 6 nitrogen and oxygen atoms in total. The molecule has 1 aromatic heterocycles. The number of piperidine rings is 2. The van der Waals surface area contributed by atoms with Crippen molar-refractivity contribution in [1.82, 2.24) is 19.4 Å². The van der Waals surface area contributed by atoms with Crippen molar-refractivity contribution < 1.29 is 35.5 Å². The van der Waals surface area contributed by atoms with E-state index in [4.69, 9.17) is 0 Å². The highest BCUT2D eigenvalue weighted by Gasteiger charge is 2.40. The Hall–Kier alpha value is -4.39. The van der Waals surface area contributed by atoms with Crippen LogP contribution in [-0.4, -0.2) is 63.0 Å². The van der Waals surface area contributed by atoms with E-state index < -0.39 is 41.0 Å². The number of nitrogens with zero attached hydrogens (tertiary/aromatic N) is 4. The average molecular weight is 688 g/mol. The highest BCUT2D eigenvalue weighted by Crippen LogP contribution is 2.37. The number of imidazole rings is 1. The monoisotopic (exact) mass is 687 g/mol. The van der Waals surface area contributed by atoms with Gasteiger partial charge in [0, 0.05) is 55.7 Å². The summed E-state index contributed by atoms with van der Waals surface area (Å²) in [6.45, 7) is 2.29. The van der Waals surface area contributed by atoms with E-state index in [-0.39, 0.29) is 30.5 Å². The fourth-order valence-corrected chi connectivity index (χ4v) is 6.91. The van der Waals surface area contributed by atoms with Gasteiger partial charge in [-0.15, -0.1) is 0 Å². The molecular formula is C36H36F7N5O. The van der Waals surface area contributed by atoms with Crippen LogP contribution in [0.4, 0.5) is 36.7 Å². The molecule has 2 aliphatic rings. The number of rotatable bonds is 8. The van der Waals surface area contributed by atoms with Gasteiger partial charge in [0.2, 0.25) is 5.95 Å². The van der Waals surface area contributed by atoms with Gasteiger partial charge in [0.15, 0.2) is 0 Å². The molecule has 0 saturated carbocycles. The number of carbonyl (C=O) groups is 1. The highest BCUT2D eigenvalue weighted by molar-refractivity contribution is 5.95. The summed E-state index contributed by atoms with van der Waals surface area (Å²) in [5, 5.41) is 3.53. The Bertz CT molecular complexity index is 1680. The molecule has 2 fully saturated rings. The first kappa shape index (κ1) is 34.5. The third-order valence-electron chi connectivity index (χ3n) is 9.46. The van der Waals surface area contributed by atoms with Gasteiger partial charge < -0.3 is 19.7 Å². The van der Waals surface area contributed by atoms with Crippen LogP contribution in [0.2, 0.25) is 0 Å². The van der Waals surface area contributed by atoms with E-state index in [1.165, 1.54) is 17.0 Å². The van der Waals surface area contributed by atoms with Gasteiger partial charge >= 0.3 is 12.4 Å². The lowest BCUT2D eigenvalue weighted by Gasteiger charge is -2.45. The van der Waals surface area contributed by atoms with Crippen molar-refractivity contribution in [2.75, 3.05) is 25.0 Å². The van der Waals surface area contributed by atoms with Crippen molar-refractivity contribution in [3.05, 3.63) is 119 Å². The molecule has 0 aliphatic carbocycles. The minimum atomic E-state index is -5.05. The van der Waals surface area contributed by atoms with Crippen molar-refractivity contribution in [2.45, 2.75) is 69.1 Å². The van der Waals surface area contributed by atoms with Gasteiger partial charge in [-0.25, -0.2) is 9.37 Å². The van der Waals surface area contributed by atoms with Crippen LogP contribution < -0.4 is 5.32 Å². The van der Waals surface area contributed by atoms with E-state index in [1.807, 2.05) is 41.1 Å². The van der Waals surface area contributed by atoms with Gasteiger partial charge in [-0.1, -0.05) is 42.5 Å². The smallest absolute Gasteiger partial charge is 0.353 e. The van der Waals surface area contributed by atoms with Crippen molar-refractivity contribution >= 4 is 11.9 Å². The molecule has 13 heteroatoms. The number of halogens is 7. The number of anilines is 1. The number of hydrogen-bond donors (Lipinski definition) is 1. The first-order chi connectivity index (χ1) is 23.3. The molecule has 2 atom stereocenters. The third kappa shape index (κ3) is 8.44. The van der Waals surface area contributed by atoms with E-state index in [9.17, 15) is 35.5 Å². The van der Waals surface area contributed by atoms with Crippen LogP contribution in [0.3, 0.4) is 0 Å². The molecule has 0 bridgehead atoms. The molecule has 3 heterocycles. The maximum Gasteiger partial charge on any atom is 0.416 e. The topological polar surface area (TPSA) is 53.4 Å². The molecule has 1 amide bonds. The summed E-state index contributed by atoms with van der Waals surface area (Å²) in [5.41, 5.74) is -1.77. The SMILES string of the molecule is O=C(c1cc(C(F)(F)F)cc(C(F)(F)F)c1)N1CC[C@@H](N2CCC(Nc3nccn3Cc3ccc(F)cc3)CC2)C[C@H]1Cc1ccccc1. The van der Waals surface area contributed by atoms with E-state index in [0.29, 0.717) is 37.9 Å². The van der Waals surface area contributed by atoms with Gasteiger partial charge in [-0.05, 0) is 73.6 Å². The molecule has 1 N–H and O–H groups in total. The van der Waals surface area contributed by atoms with Crippen molar-refractivity contribution in [3.63, 3.8) is 0 Å². The fourth-order valence-electron chi connectivity index (χ4n) is 6.91. The summed E-state index contributed by atoms with van der Waals surface area (Å²) in [7, 11) is 0. The van der Waals surface area contributed by atoms with E-state index >= 15 is 0 Å². The lowest BCUT2D eigenvalue weighted by atomic mass is 9.89. The second-order valence-electron chi connectivity index (χ2n) is 12.8. The Morgan fingerprint density at radius 3 is 2.10 bits per heavy atom. The maximum atomic E-state index is 13.7. The second-order valence-corrected chi connectivity index (χ2v) is 12.8. The predicted molar refractivity (Wildman–Crippen MR) is 170 cm³/mol. The van der Waals surface area contributed by atoms with Crippen molar-refractivity contribution in [2.24, 2.45) is 0 Å². The molecule has 0 spiro atoms. The third-order valence-corrected chi connectivity index (χ3v) is 9.46. The Morgan fingerprint density at radius 2 is 1.47 bits per heavy atom. The molecule has 2 aliphatic heterocycles. The largest absolute Gasteiger partial charge is 0.416 e. The van der Waals surface area contributed by atoms with Crippen LogP contribution in [0.15, 0.2) is 85.2 Å². The number of alkyl halides is 6. The standard InChI is InChI=1S/C36H36F7N5O/c37-29-8-6-25(7-9-29)23-47-17-13-44-34(47)45-30-10-14-46(15-11-30)31-12-16-48(32(22-31)18-24-4-2-1-3-5-24)33(49)26-19-27(35(38,39)40)21-28(20-26)36(41,42)43/h1-9,13,17,19-21,30-32H,10-12,14-16,18,22-23H2,(H,44,45)/t31-,32-/m1/s1. The van der Waals surface area contributed by atoms with E-state index in [2.05, 4.69) is 15.2 Å². The molecular weight excluding hydrogens is 651 g/mol. The molecule has 6 rings (SSSR count). The number of benzene rings is 3. The zero-order chi connectivity index (χ0) is 34.8. The van der Waals surface area contributed by atoms with Gasteiger partial charge in [0.05, 0.1) is 17.7 Å². The Balaban J connectivity index is 1.14. The predicted octanol–water partition coefficient (Wildman–Crippen LogP) is 7.90. The molecule has 3 aromatic carbocycles. The first-order valence-corrected chi connectivity index (χ1v) is 16.2. The number of likely N-dealkylation sites (tertiary alicyclic amines) is 2. The number of carbonyl (C=O) groups excluding carboxylic acids is 1. The maximum absolute atomic E-state index is 13.7. The van der Waals surface area contributed by atoms with Crippen LogP contribution in [-0.2, 0) is 25.3 Å². The Labute approximate surface area is 279 Å². The lowest BCUT2D eigenvalue weighted by molar-refractivity contribution is -0.143. The van der Waals surface area contributed by atoms with E-state index in [0.717, 1.165) is 43.0 Å². The molecule has 49 heavy (non-hydrogen) atoms. The average Bonchev–Trinajstić information content (AvgIpc) is 3.51. The molecule has 260 valence electrons. The highest BCUT2D eigenvalue weighted by atomic mass is 19.4. The molecule has 0 radical (unpaired) electrons. The summed E-state index contributed by atoms with van der Waals surface area (Å²) in [6.07, 6.45) is -3.35. The summed E-state index contributed by atoms with van der Waals surface area (Å²) < 4.78 is 96.9. The quantitative estimate of drug-likeness (QED) is 0.192. The normalized spacial score (nSPS) is 19.6. The Kier molecular flexibility index (Phi) is 10.0. The molecule has 2 saturated heterocycles. The molecule has 4 aromatic rings. The van der Waals surface area contributed by atoms with Crippen LogP contribution in [0.5, 0.6) is 0 Å². The minimum Gasteiger partial charge on any atom is -0.353 e. The number of aromatic nitrogens is 2. The fraction of sp³-hybridized carbons (Fsp3) is 0.389.